The summed E-state index contributed by atoms with van der Waals surface area (Å²) < 4.78 is 4.83. The van der Waals surface area contributed by atoms with E-state index in [0.29, 0.717) is 23.5 Å². The summed E-state index contributed by atoms with van der Waals surface area (Å²) in [4.78, 5) is 29.3. The Labute approximate surface area is 147 Å². The maximum Gasteiger partial charge on any atom is 0.316 e. The number of hydrogen-bond donors (Lipinski definition) is 2. The highest BCUT2D eigenvalue weighted by Crippen LogP contribution is 2.42. The number of anilines is 1. The number of methoxy groups -OCH3 is 1. The van der Waals surface area contributed by atoms with Gasteiger partial charge in [-0.1, -0.05) is 32.9 Å². The number of allylic oxidation sites excluding steroid dienone is 1. The number of rotatable bonds is 4. The Hall–Kier alpha value is -2.63. The summed E-state index contributed by atoms with van der Waals surface area (Å²) in [6, 6.07) is 7.03. The number of Topliss-reactive ketones (excluding diaryl/α,β-unsaturated/α-hetero) is 1. The zero-order chi connectivity index (χ0) is 18.8. The standard InChI is InChI=1S/C19H24N2O4/c1-5-12(21-13-9-7-6-8-11(13)20)15-14(22)10-19(2,3)16(17(15)23)18(24)25-4/h6-9,16,23H,5,10,20H2,1-4H3/t16-/m0/s1. The third kappa shape index (κ3) is 3.57. The average molecular weight is 344 g/mol. The van der Waals surface area contributed by atoms with E-state index >= 15 is 0 Å². The molecule has 2 rings (SSSR count). The molecular weight excluding hydrogens is 320 g/mol. The molecule has 1 aromatic rings. The Balaban J connectivity index is 2.62. The minimum Gasteiger partial charge on any atom is -0.511 e. The molecule has 0 amide bonds. The topological polar surface area (TPSA) is 102 Å². The zero-order valence-electron chi connectivity index (χ0n) is 15.0. The molecule has 0 fully saturated rings. The Morgan fingerprint density at radius 1 is 1.40 bits per heavy atom. The van der Waals surface area contributed by atoms with Gasteiger partial charge in [-0.2, -0.15) is 0 Å². The molecule has 6 heteroatoms. The molecule has 1 aliphatic rings. The number of para-hydroxylation sites is 2. The van der Waals surface area contributed by atoms with Crippen LogP contribution in [-0.4, -0.2) is 29.7 Å². The molecule has 0 saturated carbocycles. The molecule has 3 N–H and O–H groups in total. The van der Waals surface area contributed by atoms with Crippen LogP contribution in [0.3, 0.4) is 0 Å². The maximum atomic E-state index is 12.7. The summed E-state index contributed by atoms with van der Waals surface area (Å²) in [5, 5.41) is 10.7. The first-order chi connectivity index (χ1) is 11.7. The van der Waals surface area contributed by atoms with Crippen molar-refractivity contribution in [2.45, 2.75) is 33.6 Å². The number of aliphatic imine (C=N–C) groups is 1. The smallest absolute Gasteiger partial charge is 0.316 e. The normalized spacial score (nSPS) is 20.6. The number of nitrogens with zero attached hydrogens (tertiary/aromatic N) is 1. The molecule has 0 unspecified atom stereocenters. The average Bonchev–Trinajstić information content (AvgIpc) is 2.54. The number of esters is 1. The fourth-order valence-corrected chi connectivity index (χ4v) is 3.17. The molecule has 1 aliphatic carbocycles. The number of nitrogen functional groups attached to an aromatic ring is 1. The van der Waals surface area contributed by atoms with Crippen LogP contribution >= 0.6 is 0 Å². The number of ether oxygens (including phenoxy) is 1. The van der Waals surface area contributed by atoms with Gasteiger partial charge in [0.15, 0.2) is 5.78 Å². The van der Waals surface area contributed by atoms with Crippen LogP contribution in [0.15, 0.2) is 40.6 Å². The van der Waals surface area contributed by atoms with E-state index in [9.17, 15) is 14.7 Å². The number of carbonyl (C=O) groups excluding carboxylic acids is 2. The molecule has 134 valence electrons. The van der Waals surface area contributed by atoms with Crippen LogP contribution in [0.2, 0.25) is 0 Å². The number of hydrogen-bond acceptors (Lipinski definition) is 6. The van der Waals surface area contributed by atoms with Gasteiger partial charge in [0.05, 0.1) is 29.8 Å². The largest absolute Gasteiger partial charge is 0.511 e. The van der Waals surface area contributed by atoms with Crippen LogP contribution in [-0.2, 0) is 14.3 Å². The number of benzene rings is 1. The fraction of sp³-hybridized carbons (Fsp3) is 0.421. The summed E-state index contributed by atoms with van der Waals surface area (Å²) in [5.41, 5.74) is 6.68. The minimum absolute atomic E-state index is 0.0977. The third-order valence-electron chi connectivity index (χ3n) is 4.46. The van der Waals surface area contributed by atoms with Crippen LogP contribution < -0.4 is 5.73 Å². The maximum absolute atomic E-state index is 12.7. The van der Waals surface area contributed by atoms with Crippen molar-refractivity contribution in [2.24, 2.45) is 16.3 Å². The first kappa shape index (κ1) is 18.7. The van der Waals surface area contributed by atoms with E-state index in [2.05, 4.69) is 4.99 Å². The molecule has 25 heavy (non-hydrogen) atoms. The van der Waals surface area contributed by atoms with Gasteiger partial charge >= 0.3 is 5.97 Å². The number of aliphatic hydroxyl groups excluding tert-OH is 1. The van der Waals surface area contributed by atoms with E-state index < -0.39 is 17.3 Å². The molecule has 0 saturated heterocycles. The highest BCUT2D eigenvalue weighted by atomic mass is 16.5. The second-order valence-corrected chi connectivity index (χ2v) is 6.78. The fourth-order valence-electron chi connectivity index (χ4n) is 3.17. The lowest BCUT2D eigenvalue weighted by molar-refractivity contribution is -0.150. The summed E-state index contributed by atoms with van der Waals surface area (Å²) in [6.07, 6.45) is 0.531. The van der Waals surface area contributed by atoms with Gasteiger partial charge in [0.2, 0.25) is 0 Å². The van der Waals surface area contributed by atoms with Gasteiger partial charge in [0.25, 0.3) is 0 Å². The molecule has 0 aliphatic heterocycles. The molecule has 0 spiro atoms. The molecule has 6 nitrogen and oxygen atoms in total. The Kier molecular flexibility index (Phi) is 5.30. The van der Waals surface area contributed by atoms with Crippen LogP contribution in [0.5, 0.6) is 0 Å². The second kappa shape index (κ2) is 7.09. The van der Waals surface area contributed by atoms with Crippen LogP contribution in [0.25, 0.3) is 0 Å². The number of aliphatic hydroxyl groups is 1. The third-order valence-corrected chi connectivity index (χ3v) is 4.46. The lowest BCUT2D eigenvalue weighted by Crippen LogP contribution is -2.41. The molecule has 0 aromatic heterocycles. The van der Waals surface area contributed by atoms with Gasteiger partial charge in [-0.15, -0.1) is 0 Å². The van der Waals surface area contributed by atoms with E-state index in [4.69, 9.17) is 10.5 Å². The van der Waals surface area contributed by atoms with E-state index in [1.807, 2.05) is 6.92 Å². The Morgan fingerprint density at radius 3 is 2.60 bits per heavy atom. The van der Waals surface area contributed by atoms with Crippen molar-refractivity contribution in [1.29, 1.82) is 0 Å². The second-order valence-electron chi connectivity index (χ2n) is 6.78. The molecule has 1 aromatic carbocycles. The lowest BCUT2D eigenvalue weighted by atomic mass is 9.67. The van der Waals surface area contributed by atoms with E-state index in [-0.39, 0.29) is 23.5 Å². The molecule has 0 radical (unpaired) electrons. The van der Waals surface area contributed by atoms with Crippen LogP contribution in [0.1, 0.15) is 33.6 Å². The first-order valence-electron chi connectivity index (χ1n) is 8.19. The summed E-state index contributed by atoms with van der Waals surface area (Å²) >= 11 is 0. The van der Waals surface area contributed by atoms with Crippen molar-refractivity contribution in [1.82, 2.24) is 0 Å². The minimum atomic E-state index is -0.907. The number of ketones is 1. The van der Waals surface area contributed by atoms with Crippen molar-refractivity contribution in [2.75, 3.05) is 12.8 Å². The van der Waals surface area contributed by atoms with Crippen molar-refractivity contribution >= 4 is 28.8 Å². The van der Waals surface area contributed by atoms with Gasteiger partial charge in [0, 0.05) is 6.42 Å². The first-order valence-corrected chi connectivity index (χ1v) is 8.19. The molecule has 0 bridgehead atoms. The highest BCUT2D eigenvalue weighted by molar-refractivity contribution is 6.24. The van der Waals surface area contributed by atoms with Gasteiger partial charge < -0.3 is 15.6 Å². The van der Waals surface area contributed by atoms with E-state index in [1.165, 1.54) is 7.11 Å². The quantitative estimate of drug-likeness (QED) is 0.495. The van der Waals surface area contributed by atoms with E-state index in [1.54, 1.807) is 38.1 Å². The van der Waals surface area contributed by atoms with Crippen molar-refractivity contribution < 1.29 is 19.4 Å². The molecule has 0 heterocycles. The monoisotopic (exact) mass is 344 g/mol. The Bertz CT molecular complexity index is 762. The summed E-state index contributed by atoms with van der Waals surface area (Å²) in [5.74, 6) is -1.99. The highest BCUT2D eigenvalue weighted by Gasteiger charge is 2.47. The Morgan fingerprint density at radius 2 is 2.04 bits per heavy atom. The van der Waals surface area contributed by atoms with Gasteiger partial charge in [0.1, 0.15) is 11.7 Å². The molecular formula is C19H24N2O4. The van der Waals surface area contributed by atoms with Gasteiger partial charge in [-0.05, 0) is 24.0 Å². The van der Waals surface area contributed by atoms with Crippen molar-refractivity contribution in [3.05, 3.63) is 35.6 Å². The van der Waals surface area contributed by atoms with Crippen LogP contribution in [0, 0.1) is 11.3 Å². The number of carbonyl (C=O) groups is 2. The molecule has 1 atom stereocenters. The summed E-state index contributed by atoms with van der Waals surface area (Å²) in [7, 11) is 1.27. The predicted molar refractivity (Wildman–Crippen MR) is 96.8 cm³/mol. The van der Waals surface area contributed by atoms with Crippen molar-refractivity contribution in [3.8, 4) is 0 Å². The van der Waals surface area contributed by atoms with Crippen LogP contribution in [0.4, 0.5) is 11.4 Å². The van der Waals surface area contributed by atoms with Crippen molar-refractivity contribution in [3.63, 3.8) is 0 Å². The lowest BCUT2D eigenvalue weighted by Gasteiger charge is -2.36. The number of nitrogens with two attached hydrogens (primary N) is 1. The van der Waals surface area contributed by atoms with Gasteiger partial charge in [-0.25, -0.2) is 0 Å². The zero-order valence-corrected chi connectivity index (χ0v) is 15.0. The summed E-state index contributed by atoms with van der Waals surface area (Å²) in [6.45, 7) is 5.35. The van der Waals surface area contributed by atoms with E-state index in [0.717, 1.165) is 0 Å². The SMILES string of the molecule is CCC(=Nc1ccccc1N)C1=C(O)[C@@H](C(=O)OC)C(C)(C)CC1=O. The predicted octanol–water partition coefficient (Wildman–Crippen LogP) is 3.35. The van der Waals surface area contributed by atoms with Gasteiger partial charge in [-0.3, -0.25) is 14.6 Å².